The monoisotopic (exact) mass is 262 g/mol. The van der Waals surface area contributed by atoms with Crippen molar-refractivity contribution < 1.29 is 5.11 Å². The van der Waals surface area contributed by atoms with Crippen molar-refractivity contribution in [2.24, 2.45) is 0 Å². The molecule has 1 aliphatic heterocycles. The zero-order valence-electron chi connectivity index (χ0n) is 12.1. The van der Waals surface area contributed by atoms with Gasteiger partial charge in [-0.25, -0.2) is 0 Å². The Labute approximate surface area is 116 Å². The number of rotatable bonds is 5. The highest BCUT2D eigenvalue weighted by Gasteiger charge is 2.25. The largest absolute Gasteiger partial charge is 0.396 e. The Morgan fingerprint density at radius 2 is 2.21 bits per heavy atom. The molecule has 1 aromatic rings. The van der Waals surface area contributed by atoms with E-state index in [0.717, 1.165) is 26.1 Å². The Hall–Kier alpha value is -0.900. The summed E-state index contributed by atoms with van der Waals surface area (Å²) < 4.78 is 0. The van der Waals surface area contributed by atoms with Crippen molar-refractivity contribution in [3.8, 4) is 0 Å². The van der Waals surface area contributed by atoms with Gasteiger partial charge in [0.25, 0.3) is 0 Å². The third kappa shape index (κ3) is 4.30. The van der Waals surface area contributed by atoms with E-state index in [2.05, 4.69) is 48.5 Å². The van der Waals surface area contributed by atoms with E-state index in [0.29, 0.717) is 12.0 Å². The van der Waals surface area contributed by atoms with Crippen molar-refractivity contribution in [2.45, 2.75) is 31.7 Å². The van der Waals surface area contributed by atoms with Crippen molar-refractivity contribution in [1.29, 1.82) is 0 Å². The highest BCUT2D eigenvalue weighted by atomic mass is 16.3. The van der Waals surface area contributed by atoms with Crippen molar-refractivity contribution >= 4 is 0 Å². The molecule has 2 rings (SSSR count). The van der Waals surface area contributed by atoms with Crippen molar-refractivity contribution in [3.05, 3.63) is 35.4 Å². The van der Waals surface area contributed by atoms with Gasteiger partial charge in [0, 0.05) is 25.7 Å². The smallest absolute Gasteiger partial charge is 0.0443 e. The van der Waals surface area contributed by atoms with Crippen LogP contribution in [0.25, 0.3) is 0 Å². The summed E-state index contributed by atoms with van der Waals surface area (Å²) in [6.07, 6.45) is 2.04. The van der Waals surface area contributed by atoms with Crippen LogP contribution in [0.5, 0.6) is 0 Å². The molecule has 3 nitrogen and oxygen atoms in total. The van der Waals surface area contributed by atoms with Crippen molar-refractivity contribution in [1.82, 2.24) is 10.2 Å². The van der Waals surface area contributed by atoms with Crippen LogP contribution >= 0.6 is 0 Å². The van der Waals surface area contributed by atoms with Gasteiger partial charge in [0.05, 0.1) is 0 Å². The first-order valence-corrected chi connectivity index (χ1v) is 7.28. The first-order chi connectivity index (χ1) is 9.19. The van der Waals surface area contributed by atoms with Crippen molar-refractivity contribution in [2.75, 3.05) is 33.3 Å². The molecule has 1 fully saturated rings. The third-order valence-corrected chi connectivity index (χ3v) is 3.91. The first kappa shape index (κ1) is 14.5. The lowest BCUT2D eigenvalue weighted by Crippen LogP contribution is -2.47. The number of piperidine rings is 1. The average Bonchev–Trinajstić information content (AvgIpc) is 2.38. The maximum Gasteiger partial charge on any atom is 0.0443 e. The van der Waals surface area contributed by atoms with Crippen molar-refractivity contribution in [3.63, 3.8) is 0 Å². The molecule has 2 N–H and O–H groups in total. The molecule has 0 bridgehead atoms. The molecule has 0 aliphatic carbocycles. The van der Waals surface area contributed by atoms with E-state index in [1.54, 1.807) is 0 Å². The lowest BCUT2D eigenvalue weighted by molar-refractivity contribution is 0.200. The lowest BCUT2D eigenvalue weighted by Gasteiger charge is -2.36. The third-order valence-electron chi connectivity index (χ3n) is 3.91. The Morgan fingerprint density at radius 1 is 1.37 bits per heavy atom. The van der Waals surface area contributed by atoms with Crippen LogP contribution in [0.4, 0.5) is 0 Å². The second kappa shape index (κ2) is 7.04. The summed E-state index contributed by atoms with van der Waals surface area (Å²) in [7, 11) is 2.20. The van der Waals surface area contributed by atoms with E-state index < -0.39 is 0 Å². The summed E-state index contributed by atoms with van der Waals surface area (Å²) in [6.45, 7) is 5.59. The molecule has 1 aromatic carbocycles. The summed E-state index contributed by atoms with van der Waals surface area (Å²) >= 11 is 0. The van der Waals surface area contributed by atoms with Gasteiger partial charge in [-0.05, 0) is 44.8 Å². The zero-order valence-corrected chi connectivity index (χ0v) is 12.1. The maximum absolute atomic E-state index is 8.86. The molecule has 0 amide bonds. The highest BCUT2D eigenvalue weighted by molar-refractivity contribution is 5.26. The molecule has 0 aromatic heterocycles. The van der Waals surface area contributed by atoms with Gasteiger partial charge in [-0.2, -0.15) is 0 Å². The van der Waals surface area contributed by atoms with E-state index in [1.165, 1.54) is 17.5 Å². The van der Waals surface area contributed by atoms with Crippen LogP contribution in [-0.2, 0) is 0 Å². The molecular formula is C16H26N2O. The summed E-state index contributed by atoms with van der Waals surface area (Å²) in [6, 6.07) is 9.42. The van der Waals surface area contributed by atoms with Gasteiger partial charge < -0.3 is 15.3 Å². The van der Waals surface area contributed by atoms with Gasteiger partial charge in [-0.3, -0.25) is 0 Å². The van der Waals surface area contributed by atoms with Crippen LogP contribution in [0, 0.1) is 6.92 Å². The van der Waals surface area contributed by atoms with Crippen LogP contribution in [0.1, 0.15) is 29.9 Å². The van der Waals surface area contributed by atoms with E-state index in [4.69, 9.17) is 5.11 Å². The number of benzene rings is 1. The number of aryl methyl sites for hydroxylation is 1. The van der Waals surface area contributed by atoms with Crippen LogP contribution < -0.4 is 5.32 Å². The SMILES string of the molecule is Cc1cccc(C2CC(NCCCO)CN(C)C2)c1. The molecular weight excluding hydrogens is 236 g/mol. The van der Waals surface area contributed by atoms with Gasteiger partial charge in [-0.15, -0.1) is 0 Å². The number of likely N-dealkylation sites (N-methyl/N-ethyl adjacent to an activating group) is 1. The minimum Gasteiger partial charge on any atom is -0.396 e. The van der Waals surface area contributed by atoms with E-state index in [1.807, 2.05) is 0 Å². The maximum atomic E-state index is 8.86. The Morgan fingerprint density at radius 3 is 2.95 bits per heavy atom. The quantitative estimate of drug-likeness (QED) is 0.794. The number of aliphatic hydroxyl groups excluding tert-OH is 1. The van der Waals surface area contributed by atoms with Crippen LogP contribution in [0.15, 0.2) is 24.3 Å². The summed E-state index contributed by atoms with van der Waals surface area (Å²) in [5.74, 6) is 0.616. The van der Waals surface area contributed by atoms with Gasteiger partial charge in [0.1, 0.15) is 0 Å². The first-order valence-electron chi connectivity index (χ1n) is 7.28. The van der Waals surface area contributed by atoms with Crippen LogP contribution in [0.3, 0.4) is 0 Å². The summed E-state index contributed by atoms with van der Waals surface area (Å²) in [4.78, 5) is 2.41. The molecule has 3 heteroatoms. The molecule has 0 saturated carbocycles. The van der Waals surface area contributed by atoms with Crippen LogP contribution in [0.2, 0.25) is 0 Å². The van der Waals surface area contributed by atoms with E-state index in [9.17, 15) is 0 Å². The van der Waals surface area contributed by atoms with Gasteiger partial charge in [0.15, 0.2) is 0 Å². The lowest BCUT2D eigenvalue weighted by atomic mass is 9.87. The Bertz CT molecular complexity index is 394. The van der Waals surface area contributed by atoms with Crippen LogP contribution in [-0.4, -0.2) is 49.3 Å². The second-order valence-electron chi connectivity index (χ2n) is 5.80. The molecule has 19 heavy (non-hydrogen) atoms. The molecule has 2 atom stereocenters. The molecule has 2 unspecified atom stereocenters. The standard InChI is InChI=1S/C16H26N2O/c1-13-5-3-6-14(9-13)15-10-16(12-18(2)11-15)17-7-4-8-19/h3,5-6,9,15-17,19H,4,7-8,10-12H2,1-2H3. The molecule has 1 aliphatic rings. The average molecular weight is 262 g/mol. The predicted octanol–water partition coefficient (Wildman–Crippen LogP) is 1.75. The number of hydrogen-bond acceptors (Lipinski definition) is 3. The summed E-state index contributed by atoms with van der Waals surface area (Å²) in [5, 5.41) is 12.4. The zero-order chi connectivity index (χ0) is 13.7. The highest BCUT2D eigenvalue weighted by Crippen LogP contribution is 2.27. The number of nitrogens with one attached hydrogen (secondary N) is 1. The van der Waals surface area contributed by atoms with Gasteiger partial charge >= 0.3 is 0 Å². The van der Waals surface area contributed by atoms with E-state index >= 15 is 0 Å². The number of likely N-dealkylation sites (tertiary alicyclic amines) is 1. The molecule has 1 heterocycles. The van der Waals surface area contributed by atoms with Gasteiger partial charge in [-0.1, -0.05) is 29.8 Å². The number of nitrogens with zero attached hydrogens (tertiary/aromatic N) is 1. The normalized spacial score (nSPS) is 24.6. The molecule has 1 saturated heterocycles. The predicted molar refractivity (Wildman–Crippen MR) is 79.5 cm³/mol. The number of aliphatic hydroxyl groups is 1. The fraction of sp³-hybridized carbons (Fsp3) is 0.625. The second-order valence-corrected chi connectivity index (χ2v) is 5.80. The fourth-order valence-electron chi connectivity index (χ4n) is 3.02. The Kier molecular flexibility index (Phi) is 5.37. The van der Waals surface area contributed by atoms with E-state index in [-0.39, 0.29) is 6.61 Å². The minimum absolute atomic E-state index is 0.275. The topological polar surface area (TPSA) is 35.5 Å². The molecule has 106 valence electrons. The molecule has 0 radical (unpaired) electrons. The minimum atomic E-state index is 0.275. The van der Waals surface area contributed by atoms with Gasteiger partial charge in [0.2, 0.25) is 0 Å². The molecule has 0 spiro atoms. The summed E-state index contributed by atoms with van der Waals surface area (Å²) in [5.41, 5.74) is 2.80. The number of hydrogen-bond donors (Lipinski definition) is 2. The Balaban J connectivity index is 1.97. The fourth-order valence-corrected chi connectivity index (χ4v) is 3.02.